The average Bonchev–Trinajstić information content (AvgIpc) is 3.17. The maximum absolute atomic E-state index is 13.1. The summed E-state index contributed by atoms with van der Waals surface area (Å²) in [5, 5.41) is 0.445. The van der Waals surface area contributed by atoms with E-state index < -0.39 is 0 Å². The molecule has 0 bridgehead atoms. The van der Waals surface area contributed by atoms with Crippen LogP contribution in [0.4, 0.5) is 0 Å². The van der Waals surface area contributed by atoms with E-state index in [4.69, 9.17) is 25.8 Å². The molecule has 0 atom stereocenters. The number of carbonyl (C=O) groups excluding carboxylic acids is 1. The minimum Gasteiger partial charge on any atom is -0.493 e. The molecule has 0 N–H and O–H groups in total. The molecule has 0 spiro atoms. The molecule has 53 heavy (non-hydrogen) atoms. The summed E-state index contributed by atoms with van der Waals surface area (Å²) in [6.45, 7) is 13.4. The third-order valence-corrected chi connectivity index (χ3v) is 9.71. The van der Waals surface area contributed by atoms with E-state index in [1.54, 1.807) is 24.4 Å². The van der Waals surface area contributed by atoms with Crippen LogP contribution in [-0.2, 0) is 24.4 Å². The molecule has 1 aromatic heterocycles. The molecule has 6 rings (SSSR count). The molecule has 1 saturated heterocycles. The Morgan fingerprint density at radius 3 is 2.15 bits per heavy atom. The highest BCUT2D eigenvalue weighted by molar-refractivity contribution is 6.32. The van der Waals surface area contributed by atoms with Gasteiger partial charge in [0.1, 0.15) is 18.1 Å². The summed E-state index contributed by atoms with van der Waals surface area (Å²) < 4.78 is 17.9. The van der Waals surface area contributed by atoms with Crippen molar-refractivity contribution in [2.24, 2.45) is 0 Å². The van der Waals surface area contributed by atoms with Crippen LogP contribution in [0.15, 0.2) is 109 Å². The average molecular weight is 730 g/mol. The fourth-order valence-electron chi connectivity index (χ4n) is 6.16. The fourth-order valence-corrected chi connectivity index (χ4v) is 6.47. The summed E-state index contributed by atoms with van der Waals surface area (Å²) in [4.78, 5) is 21.8. The van der Waals surface area contributed by atoms with Crippen molar-refractivity contribution in [3.63, 3.8) is 0 Å². The third kappa shape index (κ3) is 11.0. The number of carbonyl (C=O) groups is 1. The minimum absolute atomic E-state index is 0.00456. The van der Waals surface area contributed by atoms with E-state index >= 15 is 0 Å². The standard InChI is InChI=1S/C45H48ClN3O4/c1-32(2)39-14-16-40(17-15-39)51-26-21-35-9-11-36(12-10-35)30-48-22-24-49(25-23-48)44(50)20-13-38-27-34(4)45(42(46)28-38)53-43-19-18-41(29-47-43)52-31-37-7-5-33(3)6-8-37/h5-20,27-29,32H,21-26,30-31H2,1-4H3/b20-13+. The van der Waals surface area contributed by atoms with Crippen molar-refractivity contribution in [3.8, 4) is 23.1 Å². The van der Waals surface area contributed by atoms with Crippen LogP contribution >= 0.6 is 11.6 Å². The van der Waals surface area contributed by atoms with E-state index in [1.807, 2.05) is 30.0 Å². The van der Waals surface area contributed by atoms with Crippen molar-refractivity contribution in [1.82, 2.24) is 14.8 Å². The maximum Gasteiger partial charge on any atom is 0.246 e. The predicted molar refractivity (Wildman–Crippen MR) is 213 cm³/mol. The Bertz CT molecular complexity index is 1940. The van der Waals surface area contributed by atoms with Crippen LogP contribution in [0.25, 0.3) is 6.08 Å². The highest BCUT2D eigenvalue weighted by atomic mass is 35.5. The molecule has 1 fully saturated rings. The zero-order valence-electron chi connectivity index (χ0n) is 31.1. The van der Waals surface area contributed by atoms with Crippen LogP contribution in [0.1, 0.15) is 58.7 Å². The summed E-state index contributed by atoms with van der Waals surface area (Å²) in [6.07, 6.45) is 5.94. The van der Waals surface area contributed by atoms with Gasteiger partial charge in [0.2, 0.25) is 11.8 Å². The number of aryl methyl sites for hydroxylation is 2. The Morgan fingerprint density at radius 1 is 0.811 bits per heavy atom. The molecule has 0 saturated carbocycles. The second-order valence-electron chi connectivity index (χ2n) is 13.9. The number of aromatic nitrogens is 1. The molecular weight excluding hydrogens is 682 g/mol. The van der Waals surface area contributed by atoms with Crippen LogP contribution in [0.2, 0.25) is 5.02 Å². The number of amides is 1. The molecule has 0 unspecified atom stereocenters. The summed E-state index contributed by atoms with van der Waals surface area (Å²) in [5.41, 5.74) is 7.83. The largest absolute Gasteiger partial charge is 0.493 e. The lowest BCUT2D eigenvalue weighted by Gasteiger charge is -2.34. The Labute approximate surface area is 318 Å². The maximum atomic E-state index is 13.1. The Hall–Kier alpha value is -5.11. The van der Waals surface area contributed by atoms with Gasteiger partial charge in [-0.3, -0.25) is 9.69 Å². The van der Waals surface area contributed by atoms with Crippen molar-refractivity contribution in [1.29, 1.82) is 0 Å². The van der Waals surface area contributed by atoms with Gasteiger partial charge in [0.15, 0.2) is 5.75 Å². The van der Waals surface area contributed by atoms with Gasteiger partial charge < -0.3 is 19.1 Å². The Kier molecular flexibility index (Phi) is 12.8. The second-order valence-corrected chi connectivity index (χ2v) is 14.3. The van der Waals surface area contributed by atoms with E-state index in [2.05, 4.69) is 103 Å². The molecule has 1 aliphatic rings. The monoisotopic (exact) mass is 729 g/mol. The first kappa shape index (κ1) is 37.6. The normalized spacial score (nSPS) is 13.4. The van der Waals surface area contributed by atoms with Crippen LogP contribution < -0.4 is 14.2 Å². The van der Waals surface area contributed by atoms with Crippen LogP contribution in [0.5, 0.6) is 23.1 Å². The van der Waals surface area contributed by atoms with E-state index in [-0.39, 0.29) is 5.91 Å². The molecule has 8 heteroatoms. The molecule has 0 aliphatic carbocycles. The van der Waals surface area contributed by atoms with Gasteiger partial charge in [-0.15, -0.1) is 0 Å². The molecular formula is C45H48ClN3O4. The highest BCUT2D eigenvalue weighted by Gasteiger charge is 2.20. The predicted octanol–water partition coefficient (Wildman–Crippen LogP) is 9.83. The van der Waals surface area contributed by atoms with Gasteiger partial charge in [0, 0.05) is 51.3 Å². The van der Waals surface area contributed by atoms with Gasteiger partial charge >= 0.3 is 0 Å². The van der Waals surface area contributed by atoms with E-state index in [0.717, 1.165) is 48.5 Å². The molecule has 1 aliphatic heterocycles. The molecule has 7 nitrogen and oxygen atoms in total. The molecule has 4 aromatic carbocycles. The summed E-state index contributed by atoms with van der Waals surface area (Å²) >= 11 is 6.64. The Balaban J connectivity index is 0.922. The lowest BCUT2D eigenvalue weighted by atomic mass is 10.0. The van der Waals surface area contributed by atoms with E-state index in [9.17, 15) is 4.79 Å². The topological polar surface area (TPSA) is 64.1 Å². The number of hydrogen-bond donors (Lipinski definition) is 0. The van der Waals surface area contributed by atoms with Crippen LogP contribution in [-0.4, -0.2) is 53.5 Å². The molecule has 0 radical (unpaired) electrons. The van der Waals surface area contributed by atoms with Crippen molar-refractivity contribution >= 4 is 23.6 Å². The second kappa shape index (κ2) is 18.1. The lowest BCUT2D eigenvalue weighted by molar-refractivity contribution is -0.127. The van der Waals surface area contributed by atoms with Crippen molar-refractivity contribution in [2.45, 2.75) is 53.2 Å². The first-order valence-electron chi connectivity index (χ1n) is 18.3. The molecule has 2 heterocycles. The van der Waals surface area contributed by atoms with Crippen molar-refractivity contribution < 1.29 is 19.0 Å². The number of halogens is 1. The van der Waals surface area contributed by atoms with E-state index in [1.165, 1.54) is 22.3 Å². The number of ether oxygens (including phenoxy) is 3. The zero-order chi connectivity index (χ0) is 37.2. The van der Waals surface area contributed by atoms with Gasteiger partial charge in [-0.25, -0.2) is 4.98 Å². The SMILES string of the molecule is Cc1ccc(COc2ccc(Oc3c(C)cc(/C=C/C(=O)N4CCN(Cc5ccc(CCOc6ccc(C(C)C)cc6)cc5)CC4)cc3Cl)nc2)cc1. The van der Waals surface area contributed by atoms with Crippen LogP contribution in [0.3, 0.4) is 0 Å². The number of hydrogen-bond acceptors (Lipinski definition) is 6. The van der Waals surface area contributed by atoms with Crippen molar-refractivity contribution in [3.05, 3.63) is 153 Å². The van der Waals surface area contributed by atoms with Gasteiger partial charge in [0.05, 0.1) is 17.8 Å². The first-order chi connectivity index (χ1) is 25.7. The first-order valence-corrected chi connectivity index (χ1v) is 18.7. The van der Waals surface area contributed by atoms with Crippen molar-refractivity contribution in [2.75, 3.05) is 32.8 Å². The Morgan fingerprint density at radius 2 is 1.49 bits per heavy atom. The number of benzene rings is 4. The zero-order valence-corrected chi connectivity index (χ0v) is 31.8. The number of piperazine rings is 1. The van der Waals surface area contributed by atoms with Gasteiger partial charge in [0.25, 0.3) is 0 Å². The quantitative estimate of drug-likeness (QED) is 0.106. The minimum atomic E-state index is -0.00456. The molecule has 274 valence electrons. The summed E-state index contributed by atoms with van der Waals surface area (Å²) in [5.74, 6) is 3.02. The van der Waals surface area contributed by atoms with Gasteiger partial charge in [-0.1, -0.05) is 91.7 Å². The van der Waals surface area contributed by atoms with E-state index in [0.29, 0.717) is 54.6 Å². The smallest absolute Gasteiger partial charge is 0.246 e. The molecule has 5 aromatic rings. The lowest BCUT2D eigenvalue weighted by Crippen LogP contribution is -2.47. The van der Waals surface area contributed by atoms with Gasteiger partial charge in [-0.05, 0) is 89.6 Å². The number of pyridine rings is 1. The third-order valence-electron chi connectivity index (χ3n) is 9.43. The number of nitrogens with zero attached hydrogens (tertiary/aromatic N) is 3. The summed E-state index contributed by atoms with van der Waals surface area (Å²) in [6, 6.07) is 32.7. The number of rotatable bonds is 14. The summed E-state index contributed by atoms with van der Waals surface area (Å²) in [7, 11) is 0. The molecule has 1 amide bonds. The van der Waals surface area contributed by atoms with Crippen LogP contribution in [0, 0.1) is 13.8 Å². The fraction of sp³-hybridized carbons (Fsp3) is 0.289. The highest BCUT2D eigenvalue weighted by Crippen LogP contribution is 2.34. The van der Waals surface area contributed by atoms with Gasteiger partial charge in [-0.2, -0.15) is 0 Å².